The number of nitrogens with one attached hydrogen (secondary N) is 2. The third-order valence-electron chi connectivity index (χ3n) is 5.10. The van der Waals surface area contributed by atoms with Gasteiger partial charge in [0.25, 0.3) is 0 Å². The molecule has 1 aliphatic heterocycles. The summed E-state index contributed by atoms with van der Waals surface area (Å²) in [7, 11) is 1.85. The van der Waals surface area contributed by atoms with Gasteiger partial charge in [-0.2, -0.15) is 4.98 Å². The Hall–Kier alpha value is -2.60. The van der Waals surface area contributed by atoms with Gasteiger partial charge < -0.3 is 15.2 Å². The Balaban J connectivity index is 1.63. The summed E-state index contributed by atoms with van der Waals surface area (Å²) in [5.74, 6) is 1.53. The summed E-state index contributed by atoms with van der Waals surface area (Å²) in [6.45, 7) is 6.53. The second-order valence-corrected chi connectivity index (χ2v) is 7.18. The van der Waals surface area contributed by atoms with Gasteiger partial charge >= 0.3 is 0 Å². The van der Waals surface area contributed by atoms with Crippen LogP contribution in [0.5, 0.6) is 0 Å². The Morgan fingerprint density at radius 3 is 2.74 bits per heavy atom. The predicted molar refractivity (Wildman–Crippen MR) is 112 cm³/mol. The molecule has 1 fully saturated rings. The Bertz CT molecular complexity index is 910. The predicted octanol–water partition coefficient (Wildman–Crippen LogP) is 3.88. The van der Waals surface area contributed by atoms with Crippen molar-refractivity contribution < 1.29 is 0 Å². The van der Waals surface area contributed by atoms with Crippen molar-refractivity contribution in [3.8, 4) is 5.69 Å². The summed E-state index contributed by atoms with van der Waals surface area (Å²) >= 11 is 0. The molecule has 0 amide bonds. The van der Waals surface area contributed by atoms with Crippen LogP contribution in [0.4, 0.5) is 11.8 Å². The molecular formula is C21H28N6. The van der Waals surface area contributed by atoms with Crippen molar-refractivity contribution in [2.45, 2.75) is 32.7 Å². The second-order valence-electron chi connectivity index (χ2n) is 7.18. The molecule has 0 aliphatic carbocycles. The molecule has 6 nitrogen and oxygen atoms in total. The normalized spacial score (nSPS) is 14.7. The van der Waals surface area contributed by atoms with Crippen LogP contribution in [0.2, 0.25) is 0 Å². The molecule has 0 bridgehead atoms. The molecule has 6 heteroatoms. The first kappa shape index (κ1) is 17.8. The second kappa shape index (κ2) is 7.96. The van der Waals surface area contributed by atoms with Crippen molar-refractivity contribution in [3.05, 3.63) is 42.2 Å². The first-order chi connectivity index (χ1) is 13.3. The van der Waals surface area contributed by atoms with Gasteiger partial charge in [0.05, 0.1) is 5.52 Å². The lowest BCUT2D eigenvalue weighted by molar-refractivity contribution is 0.331. The first-order valence-electron chi connectivity index (χ1n) is 9.90. The van der Waals surface area contributed by atoms with Gasteiger partial charge in [-0.1, -0.05) is 6.92 Å². The zero-order chi connectivity index (χ0) is 18.6. The van der Waals surface area contributed by atoms with E-state index in [4.69, 9.17) is 0 Å². The Labute approximate surface area is 160 Å². The third kappa shape index (κ3) is 3.90. The van der Waals surface area contributed by atoms with Crippen molar-refractivity contribution in [2.24, 2.45) is 0 Å². The topological polar surface area (TPSA) is 58.0 Å². The lowest BCUT2D eigenvalue weighted by Gasteiger charge is -2.13. The van der Waals surface area contributed by atoms with Gasteiger partial charge in [-0.25, -0.2) is 4.98 Å². The number of benzene rings is 1. The van der Waals surface area contributed by atoms with Crippen molar-refractivity contribution in [1.82, 2.24) is 19.4 Å². The van der Waals surface area contributed by atoms with Gasteiger partial charge in [-0.15, -0.1) is 0 Å². The van der Waals surface area contributed by atoms with E-state index in [-0.39, 0.29) is 0 Å². The van der Waals surface area contributed by atoms with Gasteiger partial charge in [0.2, 0.25) is 5.95 Å². The van der Waals surface area contributed by atoms with Crippen molar-refractivity contribution >= 4 is 22.7 Å². The Kier molecular flexibility index (Phi) is 5.25. The molecule has 1 aromatic carbocycles. The lowest BCUT2D eigenvalue weighted by Crippen LogP contribution is -2.17. The highest BCUT2D eigenvalue weighted by Crippen LogP contribution is 2.25. The molecule has 1 aliphatic rings. The number of likely N-dealkylation sites (tertiary alicyclic amines) is 1. The van der Waals surface area contributed by atoms with Gasteiger partial charge in [-0.05, 0) is 62.2 Å². The van der Waals surface area contributed by atoms with E-state index in [2.05, 4.69) is 73.7 Å². The zero-order valence-corrected chi connectivity index (χ0v) is 16.2. The molecule has 0 atom stereocenters. The van der Waals surface area contributed by atoms with E-state index >= 15 is 0 Å². The molecule has 3 aromatic rings. The number of rotatable bonds is 7. The lowest BCUT2D eigenvalue weighted by atomic mass is 10.2. The minimum absolute atomic E-state index is 0.639. The minimum atomic E-state index is 0.639. The van der Waals surface area contributed by atoms with Gasteiger partial charge in [-0.3, -0.25) is 4.90 Å². The van der Waals surface area contributed by atoms with Crippen LogP contribution < -0.4 is 10.6 Å². The summed E-state index contributed by atoms with van der Waals surface area (Å²) in [6, 6.07) is 8.61. The monoisotopic (exact) mass is 364 g/mol. The summed E-state index contributed by atoms with van der Waals surface area (Å²) in [5, 5.41) is 7.53. The molecule has 27 heavy (non-hydrogen) atoms. The number of hydrogen-bond acceptors (Lipinski definition) is 5. The highest BCUT2D eigenvalue weighted by molar-refractivity contribution is 5.91. The average molecular weight is 364 g/mol. The molecule has 142 valence electrons. The first-order valence-corrected chi connectivity index (χ1v) is 9.90. The maximum atomic E-state index is 4.65. The van der Waals surface area contributed by atoms with E-state index in [1.54, 1.807) is 0 Å². The molecule has 0 spiro atoms. The van der Waals surface area contributed by atoms with Gasteiger partial charge in [0.1, 0.15) is 5.82 Å². The number of hydrogen-bond donors (Lipinski definition) is 2. The number of fused-ring (bicyclic) bond motifs is 1. The number of anilines is 2. The van der Waals surface area contributed by atoms with E-state index in [1.165, 1.54) is 31.5 Å². The van der Waals surface area contributed by atoms with E-state index < -0.39 is 0 Å². The van der Waals surface area contributed by atoms with E-state index in [0.29, 0.717) is 5.95 Å². The van der Waals surface area contributed by atoms with Gasteiger partial charge in [0, 0.05) is 43.6 Å². The molecular weight excluding hydrogens is 336 g/mol. The van der Waals surface area contributed by atoms with E-state index in [1.807, 2.05) is 7.05 Å². The maximum Gasteiger partial charge on any atom is 0.224 e. The third-order valence-corrected chi connectivity index (χ3v) is 5.10. The molecule has 0 unspecified atom stereocenters. The van der Waals surface area contributed by atoms with E-state index in [9.17, 15) is 0 Å². The summed E-state index contributed by atoms with van der Waals surface area (Å²) in [5.41, 5.74) is 3.43. The van der Waals surface area contributed by atoms with Crippen LogP contribution in [0.1, 0.15) is 31.7 Å². The fraction of sp³-hybridized carbons (Fsp3) is 0.429. The highest BCUT2D eigenvalue weighted by atomic mass is 15.1. The molecule has 0 saturated carbocycles. The summed E-state index contributed by atoms with van der Waals surface area (Å²) in [6.07, 6.45) is 8.08. The summed E-state index contributed by atoms with van der Waals surface area (Å²) in [4.78, 5) is 11.8. The number of aromatic nitrogens is 3. The van der Waals surface area contributed by atoms with Crippen LogP contribution in [0.15, 0.2) is 36.7 Å². The SMILES string of the molecule is CCCNc1nc(NC)nc2cc(-n3ccc(CN4CCCC4)c3)ccc12. The Morgan fingerprint density at radius 1 is 1.11 bits per heavy atom. The zero-order valence-electron chi connectivity index (χ0n) is 16.2. The quantitative estimate of drug-likeness (QED) is 0.666. The molecule has 0 radical (unpaired) electrons. The van der Waals surface area contributed by atoms with Crippen LogP contribution in [-0.2, 0) is 6.54 Å². The van der Waals surface area contributed by atoms with Crippen LogP contribution in [0.25, 0.3) is 16.6 Å². The minimum Gasteiger partial charge on any atom is -0.369 e. The standard InChI is InChI=1S/C21H28N6/c1-3-9-23-20-18-7-6-17(13-19(18)24-21(22-2)25-20)27-12-8-16(15-27)14-26-10-4-5-11-26/h6-8,12-13,15H,3-5,9-11,14H2,1-2H3,(H2,22,23,24,25). The molecule has 3 heterocycles. The van der Waals surface area contributed by atoms with Crippen molar-refractivity contribution in [2.75, 3.05) is 37.3 Å². The summed E-state index contributed by atoms with van der Waals surface area (Å²) < 4.78 is 2.19. The molecule has 2 N–H and O–H groups in total. The largest absolute Gasteiger partial charge is 0.369 e. The fourth-order valence-electron chi connectivity index (χ4n) is 3.66. The smallest absolute Gasteiger partial charge is 0.224 e. The van der Waals surface area contributed by atoms with Crippen LogP contribution in [-0.4, -0.2) is 46.1 Å². The maximum absolute atomic E-state index is 4.65. The fourth-order valence-corrected chi connectivity index (χ4v) is 3.66. The molecule has 2 aromatic heterocycles. The highest BCUT2D eigenvalue weighted by Gasteiger charge is 2.13. The van der Waals surface area contributed by atoms with Crippen LogP contribution in [0.3, 0.4) is 0 Å². The van der Waals surface area contributed by atoms with Crippen LogP contribution in [0, 0.1) is 0 Å². The van der Waals surface area contributed by atoms with E-state index in [0.717, 1.165) is 41.9 Å². The molecule has 4 rings (SSSR count). The van der Waals surface area contributed by atoms with Crippen LogP contribution >= 0.6 is 0 Å². The Morgan fingerprint density at radius 2 is 1.96 bits per heavy atom. The number of nitrogens with zero attached hydrogens (tertiary/aromatic N) is 4. The van der Waals surface area contributed by atoms with Crippen molar-refractivity contribution in [1.29, 1.82) is 0 Å². The molecule has 1 saturated heterocycles. The average Bonchev–Trinajstić information content (AvgIpc) is 3.38. The van der Waals surface area contributed by atoms with Crippen molar-refractivity contribution in [3.63, 3.8) is 0 Å². The van der Waals surface area contributed by atoms with Gasteiger partial charge in [0.15, 0.2) is 0 Å².